The summed E-state index contributed by atoms with van der Waals surface area (Å²) in [6, 6.07) is 8.61. The molecule has 2 aromatic heterocycles. The molecule has 0 saturated heterocycles. The zero-order chi connectivity index (χ0) is 22.0. The maximum Gasteiger partial charge on any atom is 0.348 e. The minimum atomic E-state index is -1.36. The third-order valence-electron chi connectivity index (χ3n) is 4.59. The van der Waals surface area contributed by atoms with Crippen molar-refractivity contribution in [2.24, 2.45) is 0 Å². The van der Waals surface area contributed by atoms with E-state index in [1.807, 2.05) is 0 Å². The molecule has 30 heavy (non-hydrogen) atoms. The van der Waals surface area contributed by atoms with Crippen LogP contribution in [0.3, 0.4) is 0 Å². The number of esters is 1. The number of carboxylic acid groups (broad SMARTS) is 1. The van der Waals surface area contributed by atoms with Crippen molar-refractivity contribution in [1.82, 2.24) is 9.13 Å². The summed E-state index contributed by atoms with van der Waals surface area (Å²) in [6.45, 7) is 2.27. The third kappa shape index (κ3) is 3.91. The van der Waals surface area contributed by atoms with Crippen molar-refractivity contribution in [2.75, 3.05) is 6.61 Å². The first-order valence-electron chi connectivity index (χ1n) is 9.14. The van der Waals surface area contributed by atoms with Crippen LogP contribution in [0.4, 0.5) is 0 Å². The first-order chi connectivity index (χ1) is 14.3. The second-order valence-corrected chi connectivity index (χ2v) is 7.56. The van der Waals surface area contributed by atoms with Gasteiger partial charge in [-0.1, -0.05) is 30.3 Å². The Morgan fingerprint density at radius 3 is 2.43 bits per heavy atom. The Labute approximate surface area is 174 Å². The van der Waals surface area contributed by atoms with Crippen LogP contribution in [0.2, 0.25) is 0 Å². The lowest BCUT2D eigenvalue weighted by atomic mass is 10.1. The van der Waals surface area contributed by atoms with Crippen LogP contribution in [0, 0.1) is 6.92 Å². The van der Waals surface area contributed by atoms with Crippen molar-refractivity contribution in [1.29, 1.82) is 0 Å². The van der Waals surface area contributed by atoms with Crippen LogP contribution in [0.5, 0.6) is 0 Å². The minimum Gasteiger partial charge on any atom is -0.480 e. The van der Waals surface area contributed by atoms with Crippen LogP contribution in [-0.2, 0) is 22.6 Å². The van der Waals surface area contributed by atoms with Gasteiger partial charge >= 0.3 is 17.6 Å². The Morgan fingerprint density at radius 1 is 1.17 bits per heavy atom. The van der Waals surface area contributed by atoms with Gasteiger partial charge in [-0.05, 0) is 25.0 Å². The smallest absolute Gasteiger partial charge is 0.348 e. The molecule has 2 N–H and O–H groups in total. The molecular formula is C20H20N2O7S. The van der Waals surface area contributed by atoms with E-state index in [1.165, 1.54) is 0 Å². The first kappa shape index (κ1) is 21.5. The molecule has 3 rings (SSSR count). The number of hydrogen-bond donors (Lipinski definition) is 2. The number of aromatic nitrogens is 2. The van der Waals surface area contributed by atoms with Gasteiger partial charge in [0.2, 0.25) is 0 Å². The van der Waals surface area contributed by atoms with E-state index in [2.05, 4.69) is 0 Å². The predicted molar refractivity (Wildman–Crippen MR) is 110 cm³/mol. The summed E-state index contributed by atoms with van der Waals surface area (Å²) in [6.07, 6.45) is -1.09. The van der Waals surface area contributed by atoms with Gasteiger partial charge in [0.1, 0.15) is 16.3 Å². The highest BCUT2D eigenvalue weighted by atomic mass is 32.1. The Bertz CT molecular complexity index is 1220. The monoisotopic (exact) mass is 432 g/mol. The summed E-state index contributed by atoms with van der Waals surface area (Å²) in [5, 5.41) is 19.8. The molecule has 0 saturated carbocycles. The number of nitrogens with zero attached hydrogens (tertiary/aromatic N) is 2. The van der Waals surface area contributed by atoms with Crippen LogP contribution in [0.1, 0.15) is 33.8 Å². The summed E-state index contributed by atoms with van der Waals surface area (Å²) in [5.74, 6) is -2.00. The molecule has 1 unspecified atom stereocenters. The lowest BCUT2D eigenvalue weighted by molar-refractivity contribution is -0.137. The maximum absolute atomic E-state index is 13.0. The molecule has 1 aromatic carbocycles. The normalized spacial score (nSPS) is 12.1. The minimum absolute atomic E-state index is 0.0594. The molecule has 0 radical (unpaired) electrons. The SMILES string of the molecule is CCOC(=O)c1sc2c(c1C)c(=O)n(CC(=O)O)c(=O)n2CC(O)c1ccccc1. The number of aryl methyl sites for hydroxylation is 1. The Kier molecular flexibility index (Phi) is 6.18. The van der Waals surface area contributed by atoms with E-state index in [0.717, 1.165) is 15.9 Å². The van der Waals surface area contributed by atoms with Crippen molar-refractivity contribution < 1.29 is 24.5 Å². The largest absolute Gasteiger partial charge is 0.480 e. The van der Waals surface area contributed by atoms with Gasteiger partial charge < -0.3 is 14.9 Å². The van der Waals surface area contributed by atoms with Gasteiger partial charge in [0.15, 0.2) is 0 Å². The Morgan fingerprint density at radius 2 is 1.83 bits per heavy atom. The Hall–Kier alpha value is -3.24. The fourth-order valence-corrected chi connectivity index (χ4v) is 4.37. The molecule has 9 nitrogen and oxygen atoms in total. The number of carbonyl (C=O) groups excluding carboxylic acids is 1. The number of rotatable bonds is 7. The highest BCUT2D eigenvalue weighted by molar-refractivity contribution is 7.20. The fourth-order valence-electron chi connectivity index (χ4n) is 3.18. The number of fused-ring (bicyclic) bond motifs is 1. The number of thiophene rings is 1. The van der Waals surface area contributed by atoms with Gasteiger partial charge in [0.05, 0.1) is 24.6 Å². The molecule has 0 bridgehead atoms. The second kappa shape index (κ2) is 8.64. The van der Waals surface area contributed by atoms with Crippen molar-refractivity contribution >= 4 is 33.5 Å². The number of aliphatic carboxylic acids is 1. The van der Waals surface area contributed by atoms with Crippen molar-refractivity contribution in [3.8, 4) is 0 Å². The van der Waals surface area contributed by atoms with Gasteiger partial charge in [0, 0.05) is 0 Å². The molecule has 2 heterocycles. The van der Waals surface area contributed by atoms with Crippen molar-refractivity contribution in [2.45, 2.75) is 33.0 Å². The number of hydrogen-bond acceptors (Lipinski definition) is 7. The molecular weight excluding hydrogens is 412 g/mol. The molecule has 3 aromatic rings. The van der Waals surface area contributed by atoms with Crippen molar-refractivity contribution in [3.63, 3.8) is 0 Å². The average Bonchev–Trinajstić information content (AvgIpc) is 3.06. The van der Waals surface area contributed by atoms with Crippen molar-refractivity contribution in [3.05, 3.63) is 67.2 Å². The summed E-state index contributed by atoms with van der Waals surface area (Å²) in [4.78, 5) is 49.7. The lowest BCUT2D eigenvalue weighted by Gasteiger charge is -2.15. The molecule has 0 fully saturated rings. The standard InChI is InChI=1S/C20H20N2O7S/c1-3-29-19(27)16-11(2)15-17(26)21(10-14(24)25)20(28)22(18(15)30-16)9-13(23)12-7-5-4-6-8-12/h4-8,13,23H,3,9-10H2,1-2H3,(H,24,25). The predicted octanol–water partition coefficient (Wildman–Crippen LogP) is 1.53. The number of benzene rings is 1. The van der Waals surface area contributed by atoms with Crippen LogP contribution in [0.25, 0.3) is 10.2 Å². The third-order valence-corrected chi connectivity index (χ3v) is 5.88. The van der Waals surface area contributed by atoms with Crippen LogP contribution in [0.15, 0.2) is 39.9 Å². The Balaban J connectivity index is 2.26. The van der Waals surface area contributed by atoms with Crippen LogP contribution in [-0.4, -0.2) is 37.9 Å². The molecule has 158 valence electrons. The summed E-state index contributed by atoms with van der Waals surface area (Å²) >= 11 is 0.908. The highest BCUT2D eigenvalue weighted by Gasteiger charge is 2.25. The molecule has 0 aliphatic heterocycles. The van der Waals surface area contributed by atoms with E-state index in [4.69, 9.17) is 9.84 Å². The van der Waals surface area contributed by atoms with E-state index in [1.54, 1.807) is 44.2 Å². The van der Waals surface area contributed by atoms with E-state index >= 15 is 0 Å². The highest BCUT2D eigenvalue weighted by Crippen LogP contribution is 2.29. The van der Waals surface area contributed by atoms with Crippen LogP contribution < -0.4 is 11.2 Å². The summed E-state index contributed by atoms with van der Waals surface area (Å²) in [5.41, 5.74) is -0.818. The first-order valence-corrected chi connectivity index (χ1v) is 9.96. The van der Waals surface area contributed by atoms with E-state index in [0.29, 0.717) is 15.7 Å². The molecule has 0 aliphatic carbocycles. The molecule has 1 atom stereocenters. The van der Waals surface area contributed by atoms with Gasteiger partial charge in [-0.2, -0.15) is 0 Å². The summed E-state index contributed by atoms with van der Waals surface area (Å²) < 4.78 is 6.76. The summed E-state index contributed by atoms with van der Waals surface area (Å²) in [7, 11) is 0. The van der Waals surface area contributed by atoms with Gasteiger partial charge in [0.25, 0.3) is 5.56 Å². The number of aliphatic hydroxyl groups is 1. The lowest BCUT2D eigenvalue weighted by Crippen LogP contribution is -2.42. The zero-order valence-corrected chi connectivity index (χ0v) is 17.1. The molecule has 0 amide bonds. The molecule has 10 heteroatoms. The number of ether oxygens (including phenoxy) is 1. The quantitative estimate of drug-likeness (QED) is 0.542. The number of aliphatic hydroxyl groups excluding tert-OH is 1. The van der Waals surface area contributed by atoms with Gasteiger partial charge in [-0.25, -0.2) is 14.2 Å². The van der Waals surface area contributed by atoms with Gasteiger partial charge in [-0.15, -0.1) is 11.3 Å². The fraction of sp³-hybridized carbons (Fsp3) is 0.300. The average molecular weight is 432 g/mol. The zero-order valence-electron chi connectivity index (χ0n) is 16.3. The van der Waals surface area contributed by atoms with Gasteiger partial charge in [-0.3, -0.25) is 14.2 Å². The maximum atomic E-state index is 13.0. The topological polar surface area (TPSA) is 128 Å². The van der Waals surface area contributed by atoms with E-state index < -0.39 is 35.8 Å². The number of carboxylic acids is 1. The molecule has 0 aliphatic rings. The van der Waals surface area contributed by atoms with E-state index in [9.17, 15) is 24.3 Å². The van der Waals surface area contributed by atoms with E-state index in [-0.39, 0.29) is 28.2 Å². The molecule has 0 spiro atoms. The number of carbonyl (C=O) groups is 2. The van der Waals surface area contributed by atoms with Crippen LogP contribution >= 0.6 is 11.3 Å². The second-order valence-electron chi connectivity index (χ2n) is 6.56.